The van der Waals surface area contributed by atoms with Gasteiger partial charge in [-0.25, -0.2) is 9.97 Å². The third kappa shape index (κ3) is 3.04. The van der Waals surface area contributed by atoms with Gasteiger partial charge in [-0.15, -0.1) is 0 Å². The molecule has 0 bridgehead atoms. The number of aliphatic hydroxyl groups excluding tert-OH is 2. The maximum absolute atomic E-state index is 10.7. The molecule has 8 heteroatoms. The van der Waals surface area contributed by atoms with E-state index in [2.05, 4.69) is 9.97 Å². The maximum atomic E-state index is 10.7. The fourth-order valence-corrected chi connectivity index (χ4v) is 4.40. The van der Waals surface area contributed by atoms with Crippen molar-refractivity contribution in [3.05, 3.63) is 48.0 Å². The molecule has 1 saturated carbocycles. The van der Waals surface area contributed by atoms with Gasteiger partial charge in [0.15, 0.2) is 0 Å². The molecule has 1 aromatic carbocycles. The third-order valence-corrected chi connectivity index (χ3v) is 5.95. The van der Waals surface area contributed by atoms with Crippen LogP contribution in [0.3, 0.4) is 0 Å². The van der Waals surface area contributed by atoms with Crippen LogP contribution in [0.25, 0.3) is 11.0 Å². The first-order chi connectivity index (χ1) is 14.0. The molecule has 1 aliphatic carbocycles. The SMILES string of the molecule is Cc1ncnc2c1ccn2[C@@H]1C[C@H](Oc2cccc3c2C[C@H](N)CO3)[C@@H](O)[C@H]1O. The molecule has 1 fully saturated rings. The predicted octanol–water partition coefficient (Wildman–Crippen LogP) is 1.12. The summed E-state index contributed by atoms with van der Waals surface area (Å²) in [5, 5.41) is 22.4. The van der Waals surface area contributed by atoms with Crippen LogP contribution in [0, 0.1) is 6.92 Å². The largest absolute Gasteiger partial charge is 0.492 e. The Morgan fingerprint density at radius 3 is 2.93 bits per heavy atom. The number of hydrogen-bond acceptors (Lipinski definition) is 7. The van der Waals surface area contributed by atoms with E-state index in [0.717, 1.165) is 28.0 Å². The molecule has 3 aromatic rings. The first-order valence-corrected chi connectivity index (χ1v) is 9.84. The lowest BCUT2D eigenvalue weighted by Gasteiger charge is -2.26. The zero-order valence-corrected chi connectivity index (χ0v) is 16.1. The maximum Gasteiger partial charge on any atom is 0.143 e. The number of hydrogen-bond donors (Lipinski definition) is 3. The summed E-state index contributed by atoms with van der Waals surface area (Å²) in [7, 11) is 0. The molecule has 1 aliphatic heterocycles. The van der Waals surface area contributed by atoms with Crippen LogP contribution < -0.4 is 15.2 Å². The number of nitrogens with zero attached hydrogens (tertiary/aromatic N) is 3. The average molecular weight is 396 g/mol. The van der Waals surface area contributed by atoms with Crippen LogP contribution in [0.15, 0.2) is 36.8 Å². The quantitative estimate of drug-likeness (QED) is 0.607. The zero-order valence-electron chi connectivity index (χ0n) is 16.1. The molecule has 29 heavy (non-hydrogen) atoms. The van der Waals surface area contributed by atoms with E-state index in [4.69, 9.17) is 15.2 Å². The Morgan fingerprint density at radius 1 is 1.21 bits per heavy atom. The van der Waals surface area contributed by atoms with Crippen LogP contribution in [-0.2, 0) is 6.42 Å². The summed E-state index contributed by atoms with van der Waals surface area (Å²) >= 11 is 0. The Morgan fingerprint density at radius 2 is 2.07 bits per heavy atom. The summed E-state index contributed by atoms with van der Waals surface area (Å²) in [6.45, 7) is 2.40. The van der Waals surface area contributed by atoms with E-state index < -0.39 is 18.3 Å². The second kappa shape index (κ2) is 6.98. The van der Waals surface area contributed by atoms with Gasteiger partial charge in [0.1, 0.15) is 48.4 Å². The number of nitrogens with two attached hydrogens (primary N) is 1. The molecule has 8 nitrogen and oxygen atoms in total. The monoisotopic (exact) mass is 396 g/mol. The molecule has 5 atom stereocenters. The van der Waals surface area contributed by atoms with Crippen LogP contribution >= 0.6 is 0 Å². The molecule has 4 N–H and O–H groups in total. The minimum absolute atomic E-state index is 0.0896. The summed E-state index contributed by atoms with van der Waals surface area (Å²) in [4.78, 5) is 8.58. The molecule has 2 aliphatic rings. The van der Waals surface area contributed by atoms with Crippen LogP contribution in [-0.4, -0.2) is 55.7 Å². The lowest BCUT2D eigenvalue weighted by Crippen LogP contribution is -2.36. The van der Waals surface area contributed by atoms with E-state index in [-0.39, 0.29) is 12.1 Å². The van der Waals surface area contributed by atoms with Crippen molar-refractivity contribution < 1.29 is 19.7 Å². The first kappa shape index (κ1) is 18.4. The van der Waals surface area contributed by atoms with Crippen molar-refractivity contribution in [3.63, 3.8) is 0 Å². The van der Waals surface area contributed by atoms with Gasteiger partial charge in [0.05, 0.1) is 11.7 Å². The van der Waals surface area contributed by atoms with Crippen molar-refractivity contribution in [3.8, 4) is 11.5 Å². The topological polar surface area (TPSA) is 116 Å². The molecule has 5 rings (SSSR count). The lowest BCUT2D eigenvalue weighted by molar-refractivity contribution is -0.0167. The van der Waals surface area contributed by atoms with E-state index in [1.807, 2.05) is 42.0 Å². The van der Waals surface area contributed by atoms with E-state index in [0.29, 0.717) is 25.2 Å². The van der Waals surface area contributed by atoms with Gasteiger partial charge < -0.3 is 30.0 Å². The van der Waals surface area contributed by atoms with Crippen molar-refractivity contribution >= 4 is 11.0 Å². The second-order valence-corrected chi connectivity index (χ2v) is 7.87. The highest BCUT2D eigenvalue weighted by Gasteiger charge is 2.44. The molecule has 3 heterocycles. The highest BCUT2D eigenvalue weighted by molar-refractivity contribution is 5.78. The highest BCUT2D eigenvalue weighted by Crippen LogP contribution is 2.39. The molecule has 0 saturated heterocycles. The van der Waals surface area contributed by atoms with Gasteiger partial charge in [-0.3, -0.25) is 0 Å². The smallest absolute Gasteiger partial charge is 0.143 e. The molecule has 0 unspecified atom stereocenters. The molecular formula is C21H24N4O4. The Bertz CT molecular complexity index is 1050. The normalized spacial score (nSPS) is 28.9. The fourth-order valence-electron chi connectivity index (χ4n) is 4.40. The van der Waals surface area contributed by atoms with Gasteiger partial charge in [-0.05, 0) is 31.5 Å². The summed E-state index contributed by atoms with van der Waals surface area (Å²) in [5.41, 5.74) is 8.57. The summed E-state index contributed by atoms with van der Waals surface area (Å²) in [5.74, 6) is 1.41. The Hall–Kier alpha value is -2.68. The number of ether oxygens (including phenoxy) is 2. The predicted molar refractivity (Wildman–Crippen MR) is 106 cm³/mol. The van der Waals surface area contributed by atoms with Gasteiger partial charge in [-0.2, -0.15) is 0 Å². The van der Waals surface area contributed by atoms with Crippen LogP contribution in [0.4, 0.5) is 0 Å². The molecular weight excluding hydrogens is 372 g/mol. The summed E-state index contributed by atoms with van der Waals surface area (Å²) in [6, 6.07) is 7.11. The van der Waals surface area contributed by atoms with Crippen LogP contribution in [0.5, 0.6) is 11.5 Å². The van der Waals surface area contributed by atoms with Gasteiger partial charge in [0, 0.05) is 29.6 Å². The van der Waals surface area contributed by atoms with Crippen LogP contribution in [0.1, 0.15) is 23.7 Å². The molecule has 0 spiro atoms. The Labute approximate surface area is 167 Å². The number of aryl methyl sites for hydroxylation is 1. The average Bonchev–Trinajstić information content (AvgIpc) is 3.26. The number of fused-ring (bicyclic) bond motifs is 2. The number of benzene rings is 1. The second-order valence-electron chi connectivity index (χ2n) is 7.87. The molecule has 152 valence electrons. The van der Waals surface area contributed by atoms with Gasteiger partial charge >= 0.3 is 0 Å². The van der Waals surface area contributed by atoms with Crippen molar-refractivity contribution in [2.75, 3.05) is 6.61 Å². The van der Waals surface area contributed by atoms with E-state index in [1.54, 1.807) is 0 Å². The third-order valence-electron chi connectivity index (χ3n) is 5.95. The van der Waals surface area contributed by atoms with Gasteiger partial charge in [0.25, 0.3) is 0 Å². The minimum atomic E-state index is -1.02. The number of rotatable bonds is 3. The van der Waals surface area contributed by atoms with Crippen LogP contribution in [0.2, 0.25) is 0 Å². The zero-order chi connectivity index (χ0) is 20.1. The summed E-state index contributed by atoms with van der Waals surface area (Å²) in [6.07, 6.45) is 1.95. The van der Waals surface area contributed by atoms with Gasteiger partial charge in [-0.1, -0.05) is 6.07 Å². The van der Waals surface area contributed by atoms with E-state index in [1.165, 1.54) is 6.33 Å². The first-order valence-electron chi connectivity index (χ1n) is 9.84. The Balaban J connectivity index is 1.43. The molecule has 0 radical (unpaired) electrons. The number of aliphatic hydroxyl groups is 2. The molecule has 0 amide bonds. The van der Waals surface area contributed by atoms with Gasteiger partial charge in [0.2, 0.25) is 0 Å². The summed E-state index contributed by atoms with van der Waals surface area (Å²) < 4.78 is 13.8. The van der Waals surface area contributed by atoms with Crippen molar-refractivity contribution in [2.45, 2.75) is 50.2 Å². The Kier molecular flexibility index (Phi) is 4.42. The van der Waals surface area contributed by atoms with E-state index in [9.17, 15) is 10.2 Å². The van der Waals surface area contributed by atoms with E-state index >= 15 is 0 Å². The molecule has 2 aromatic heterocycles. The minimum Gasteiger partial charge on any atom is -0.492 e. The highest BCUT2D eigenvalue weighted by atomic mass is 16.5. The standard InChI is InChI=1S/C21H24N4O4/c1-11-13-5-6-25(21(13)24-10-23-11)15-8-18(20(27)19(15)26)29-17-4-2-3-16-14(17)7-12(22)9-28-16/h2-6,10,12,15,18-20,26-27H,7-9,22H2,1H3/t12-,15+,18-,19-,20+/m0/s1. The lowest BCUT2D eigenvalue weighted by atomic mass is 10.0. The van der Waals surface area contributed by atoms with Crippen molar-refractivity contribution in [1.82, 2.24) is 14.5 Å². The van der Waals surface area contributed by atoms with Crippen molar-refractivity contribution in [2.24, 2.45) is 5.73 Å². The fraction of sp³-hybridized carbons (Fsp3) is 0.429. The number of aromatic nitrogens is 3. The van der Waals surface area contributed by atoms with Crippen molar-refractivity contribution in [1.29, 1.82) is 0 Å².